The fourth-order valence-electron chi connectivity index (χ4n) is 2.56. The van der Waals surface area contributed by atoms with Crippen molar-refractivity contribution in [2.45, 2.75) is 45.4 Å². The van der Waals surface area contributed by atoms with Gasteiger partial charge in [-0.15, -0.1) is 0 Å². The van der Waals surface area contributed by atoms with Gasteiger partial charge in [-0.3, -0.25) is 9.89 Å². The van der Waals surface area contributed by atoms with Gasteiger partial charge >= 0.3 is 0 Å². The van der Waals surface area contributed by atoms with Crippen LogP contribution in [0.1, 0.15) is 43.1 Å². The minimum atomic E-state index is 0.103. The molecule has 2 aromatic heterocycles. The van der Waals surface area contributed by atoms with E-state index in [1.165, 1.54) is 6.42 Å². The van der Waals surface area contributed by atoms with Gasteiger partial charge in [0.15, 0.2) is 5.65 Å². The molecule has 0 saturated carbocycles. The van der Waals surface area contributed by atoms with E-state index in [0.29, 0.717) is 0 Å². The van der Waals surface area contributed by atoms with Gasteiger partial charge in [0.2, 0.25) is 0 Å². The van der Waals surface area contributed by atoms with E-state index in [-0.39, 0.29) is 5.56 Å². The number of hydrogen-bond donors (Lipinski definition) is 1. The van der Waals surface area contributed by atoms with Gasteiger partial charge in [-0.25, -0.2) is 9.50 Å². The second-order valence-corrected chi connectivity index (χ2v) is 4.73. The predicted molar refractivity (Wildman–Crippen MR) is 66.4 cm³/mol. The lowest BCUT2D eigenvalue weighted by Crippen LogP contribution is -2.22. The quantitative estimate of drug-likeness (QED) is 0.761. The first kappa shape index (κ1) is 10.6. The van der Waals surface area contributed by atoms with Crippen LogP contribution in [0.25, 0.3) is 5.65 Å². The van der Waals surface area contributed by atoms with Crippen molar-refractivity contribution in [2.75, 3.05) is 0 Å². The number of rotatable bonds is 1. The van der Waals surface area contributed by atoms with Crippen LogP contribution in [0.4, 0.5) is 0 Å². The minimum absolute atomic E-state index is 0.103. The lowest BCUT2D eigenvalue weighted by Gasteiger charge is -2.03. The molecule has 0 atom stereocenters. The zero-order valence-corrected chi connectivity index (χ0v) is 10.1. The first-order valence-electron chi connectivity index (χ1n) is 6.42. The summed E-state index contributed by atoms with van der Waals surface area (Å²) < 4.78 is 1.60. The summed E-state index contributed by atoms with van der Waals surface area (Å²) in [4.78, 5) is 17.0. The molecule has 3 rings (SSSR count). The number of hydrogen-bond acceptors (Lipinski definition) is 2. The maximum atomic E-state index is 12.3. The molecule has 0 unspecified atom stereocenters. The first-order valence-corrected chi connectivity index (χ1v) is 6.42. The third kappa shape index (κ3) is 1.68. The number of aryl methyl sites for hydroxylation is 2. The highest BCUT2D eigenvalue weighted by Gasteiger charge is 2.16. The van der Waals surface area contributed by atoms with Crippen LogP contribution in [0.5, 0.6) is 0 Å². The molecule has 0 aromatic carbocycles. The Bertz CT molecular complexity index is 609. The molecular weight excluding hydrogens is 214 g/mol. The Morgan fingerprint density at radius 1 is 1.35 bits per heavy atom. The predicted octanol–water partition coefficient (Wildman–Crippen LogP) is 1.85. The third-order valence-corrected chi connectivity index (χ3v) is 3.57. The second-order valence-electron chi connectivity index (χ2n) is 4.73. The molecule has 1 N–H and O–H groups in total. The summed E-state index contributed by atoms with van der Waals surface area (Å²) in [6.45, 7) is 2.07. The van der Waals surface area contributed by atoms with Gasteiger partial charge in [0.1, 0.15) is 0 Å². The summed E-state index contributed by atoms with van der Waals surface area (Å²) in [7, 11) is 0. The molecule has 0 saturated heterocycles. The maximum Gasteiger partial charge on any atom is 0.276 e. The highest BCUT2D eigenvalue weighted by atomic mass is 16.1. The molecule has 2 heterocycles. The summed E-state index contributed by atoms with van der Waals surface area (Å²) in [6.07, 6.45) is 6.19. The average Bonchev–Trinajstić information content (AvgIpc) is 2.60. The lowest BCUT2D eigenvalue weighted by molar-refractivity contribution is 0.708. The van der Waals surface area contributed by atoms with E-state index in [4.69, 9.17) is 0 Å². The van der Waals surface area contributed by atoms with Crippen LogP contribution in [0.15, 0.2) is 10.9 Å². The zero-order valence-electron chi connectivity index (χ0n) is 10.1. The molecule has 0 fully saturated rings. The van der Waals surface area contributed by atoms with Gasteiger partial charge in [0, 0.05) is 17.3 Å². The van der Waals surface area contributed by atoms with E-state index in [0.717, 1.165) is 54.7 Å². The van der Waals surface area contributed by atoms with Crippen LogP contribution >= 0.6 is 0 Å². The first-order chi connectivity index (χ1) is 8.29. The fourth-order valence-corrected chi connectivity index (χ4v) is 2.56. The third-order valence-electron chi connectivity index (χ3n) is 3.57. The van der Waals surface area contributed by atoms with Crippen molar-refractivity contribution in [3.05, 3.63) is 33.4 Å². The van der Waals surface area contributed by atoms with Gasteiger partial charge in [0.05, 0.1) is 5.69 Å². The second kappa shape index (κ2) is 4.02. The Morgan fingerprint density at radius 2 is 2.18 bits per heavy atom. The molecule has 4 heteroatoms. The standard InChI is InChI=1S/C13H17N3O/c1-2-9-8-12-14-11-7-5-3-4-6-10(11)13(17)16(12)15-9/h8,15H,2-7H2,1H3. The van der Waals surface area contributed by atoms with Crippen molar-refractivity contribution in [1.82, 2.24) is 14.6 Å². The largest absolute Gasteiger partial charge is 0.294 e. The van der Waals surface area contributed by atoms with Gasteiger partial charge in [-0.05, 0) is 32.1 Å². The van der Waals surface area contributed by atoms with Crippen LogP contribution < -0.4 is 5.56 Å². The van der Waals surface area contributed by atoms with Crippen molar-refractivity contribution >= 4 is 5.65 Å². The van der Waals surface area contributed by atoms with Crippen LogP contribution in [-0.4, -0.2) is 14.6 Å². The number of nitrogens with one attached hydrogen (secondary N) is 1. The molecule has 0 bridgehead atoms. The summed E-state index contributed by atoms with van der Waals surface area (Å²) in [5, 5.41) is 3.13. The van der Waals surface area contributed by atoms with Gasteiger partial charge in [-0.2, -0.15) is 0 Å². The molecule has 0 spiro atoms. The Balaban J connectivity index is 2.27. The van der Waals surface area contributed by atoms with Crippen LogP contribution in [0.2, 0.25) is 0 Å². The van der Waals surface area contributed by atoms with Crippen molar-refractivity contribution in [1.29, 1.82) is 0 Å². The smallest absolute Gasteiger partial charge is 0.276 e. The van der Waals surface area contributed by atoms with E-state index < -0.39 is 0 Å². The van der Waals surface area contributed by atoms with E-state index in [1.54, 1.807) is 4.52 Å². The minimum Gasteiger partial charge on any atom is -0.294 e. The van der Waals surface area contributed by atoms with E-state index in [9.17, 15) is 4.79 Å². The number of aromatic amines is 1. The van der Waals surface area contributed by atoms with E-state index in [1.807, 2.05) is 6.07 Å². The van der Waals surface area contributed by atoms with Crippen LogP contribution in [0, 0.1) is 0 Å². The number of H-pyrrole nitrogens is 1. The molecule has 17 heavy (non-hydrogen) atoms. The summed E-state index contributed by atoms with van der Waals surface area (Å²) in [5.41, 5.74) is 3.88. The summed E-state index contributed by atoms with van der Waals surface area (Å²) in [6, 6.07) is 1.98. The number of fused-ring (bicyclic) bond motifs is 2. The summed E-state index contributed by atoms with van der Waals surface area (Å²) >= 11 is 0. The lowest BCUT2D eigenvalue weighted by atomic mass is 10.1. The monoisotopic (exact) mass is 231 g/mol. The summed E-state index contributed by atoms with van der Waals surface area (Å²) in [5.74, 6) is 0. The van der Waals surface area contributed by atoms with Gasteiger partial charge in [0.25, 0.3) is 5.56 Å². The van der Waals surface area contributed by atoms with Crippen molar-refractivity contribution in [2.24, 2.45) is 0 Å². The van der Waals surface area contributed by atoms with Crippen LogP contribution in [0.3, 0.4) is 0 Å². The van der Waals surface area contributed by atoms with Crippen molar-refractivity contribution in [3.63, 3.8) is 0 Å². The maximum absolute atomic E-state index is 12.3. The van der Waals surface area contributed by atoms with Gasteiger partial charge < -0.3 is 0 Å². The zero-order chi connectivity index (χ0) is 11.8. The Kier molecular flexibility index (Phi) is 2.50. The average molecular weight is 231 g/mol. The Morgan fingerprint density at radius 3 is 3.00 bits per heavy atom. The highest BCUT2D eigenvalue weighted by molar-refractivity contribution is 5.42. The molecule has 90 valence electrons. The molecular formula is C13H17N3O. The number of nitrogens with zero attached hydrogens (tertiary/aromatic N) is 2. The van der Waals surface area contributed by atoms with Crippen molar-refractivity contribution in [3.8, 4) is 0 Å². The SMILES string of the molecule is CCc1cc2nc3c(c(=O)n2[nH]1)CCCCC3. The molecule has 0 aliphatic heterocycles. The topological polar surface area (TPSA) is 50.2 Å². The normalized spacial score (nSPS) is 15.8. The molecule has 2 aromatic rings. The molecule has 0 amide bonds. The number of aromatic nitrogens is 3. The van der Waals surface area contributed by atoms with E-state index >= 15 is 0 Å². The van der Waals surface area contributed by atoms with Crippen molar-refractivity contribution < 1.29 is 0 Å². The molecule has 0 radical (unpaired) electrons. The highest BCUT2D eigenvalue weighted by Crippen LogP contribution is 2.17. The van der Waals surface area contributed by atoms with E-state index in [2.05, 4.69) is 17.0 Å². The van der Waals surface area contributed by atoms with Gasteiger partial charge in [-0.1, -0.05) is 13.3 Å². The fraction of sp³-hybridized carbons (Fsp3) is 0.538. The Labute approximate surface area is 99.7 Å². The molecule has 1 aliphatic carbocycles. The van der Waals surface area contributed by atoms with Crippen LogP contribution in [-0.2, 0) is 19.3 Å². The molecule has 1 aliphatic rings. The molecule has 4 nitrogen and oxygen atoms in total. The Hall–Kier alpha value is -1.58.